The highest BCUT2D eigenvalue weighted by molar-refractivity contribution is 8.11. The third-order valence-corrected chi connectivity index (χ3v) is 12.9. The van der Waals surface area contributed by atoms with Crippen molar-refractivity contribution in [3.05, 3.63) is 104 Å². The molecule has 14 heteroatoms. The maximum atomic E-state index is 4.50. The molecule has 0 radical (unpaired) electrons. The van der Waals surface area contributed by atoms with Crippen LogP contribution in [0.5, 0.6) is 0 Å². The molecule has 6 heterocycles. The van der Waals surface area contributed by atoms with Crippen LogP contribution in [-0.2, 0) is 0 Å². The molecule has 0 aliphatic carbocycles. The van der Waals surface area contributed by atoms with Crippen LogP contribution in [0.25, 0.3) is 0 Å². The van der Waals surface area contributed by atoms with E-state index in [1.165, 1.54) is 56.9 Å². The van der Waals surface area contributed by atoms with Gasteiger partial charge in [-0.25, -0.2) is 4.40 Å². The molecule has 0 spiro atoms. The van der Waals surface area contributed by atoms with E-state index in [4.69, 9.17) is 0 Å². The first-order valence-electron chi connectivity index (χ1n) is 41.3. The number of hydrogen-bond donors (Lipinski definition) is 0. The Kier molecular flexibility index (Phi) is 112. The molecule has 6 aliphatic heterocycles. The van der Waals surface area contributed by atoms with E-state index >= 15 is 0 Å². The molecule has 0 fully saturated rings. The summed E-state index contributed by atoms with van der Waals surface area (Å²) in [5, 5.41) is 16.4. The van der Waals surface area contributed by atoms with Gasteiger partial charge in [0.15, 0.2) is 6.67 Å². The number of rotatable bonds is 12. The molecular weight excluding hydrogens is 1300 g/mol. The number of nitrogens with zero attached hydrogens (tertiary/aromatic N) is 13. The van der Waals surface area contributed by atoms with E-state index in [0.717, 1.165) is 22.8 Å². The molecule has 104 heavy (non-hydrogen) atoms. The fraction of sp³-hybridized carbons (Fsp3) is 0.700. The summed E-state index contributed by atoms with van der Waals surface area (Å²) in [5.74, 6) is 5.62. The van der Waals surface area contributed by atoms with Crippen molar-refractivity contribution in [2.45, 2.75) is 332 Å². The Morgan fingerprint density at radius 3 is 1.01 bits per heavy atom. The van der Waals surface area contributed by atoms with Gasteiger partial charge in [-0.1, -0.05) is 351 Å². The van der Waals surface area contributed by atoms with E-state index in [0.29, 0.717) is 90.8 Å². The Morgan fingerprint density at radius 1 is 0.269 bits per heavy atom. The smallest absolute Gasteiger partial charge is 0.150 e. The first-order chi connectivity index (χ1) is 49.8. The van der Waals surface area contributed by atoms with Crippen LogP contribution in [0.15, 0.2) is 169 Å². The molecule has 0 N–H and O–H groups in total. The lowest BCUT2D eigenvalue weighted by Gasteiger charge is -2.15. The molecule has 0 aromatic rings. The fourth-order valence-corrected chi connectivity index (χ4v) is 8.55. The second-order valence-electron chi connectivity index (χ2n) is 23.6. The Balaban J connectivity index is -0.0000000920. The first-order valence-corrected chi connectivity index (χ1v) is 42.1. The molecule has 6 aliphatic rings. The highest BCUT2D eigenvalue weighted by Gasteiger charge is 2.18. The van der Waals surface area contributed by atoms with Gasteiger partial charge in [0.05, 0.1) is 35.7 Å². The first kappa shape index (κ1) is 125. The second-order valence-corrected chi connectivity index (χ2v) is 24.2. The zero-order valence-corrected chi connectivity index (χ0v) is 78.7. The van der Waals surface area contributed by atoms with Crippen molar-refractivity contribution >= 4 is 67.2 Å². The predicted octanol–water partition coefficient (Wildman–Crippen LogP) is 31.4. The molecule has 13 nitrogen and oxygen atoms in total. The van der Waals surface area contributed by atoms with Gasteiger partial charge in [0.2, 0.25) is 0 Å². The Bertz CT molecular complexity index is 2110. The van der Waals surface area contributed by atoms with Crippen molar-refractivity contribution in [1.29, 1.82) is 0 Å². The van der Waals surface area contributed by atoms with Gasteiger partial charge >= 0.3 is 0 Å². The van der Waals surface area contributed by atoms with Crippen molar-refractivity contribution in [3.63, 3.8) is 0 Å². The van der Waals surface area contributed by atoms with Crippen molar-refractivity contribution in [2.24, 2.45) is 136 Å². The highest BCUT2D eigenvalue weighted by atomic mass is 32.2. The summed E-state index contributed by atoms with van der Waals surface area (Å²) in [4.78, 5) is 34.9. The largest absolute Gasteiger partial charge is 0.287 e. The van der Waals surface area contributed by atoms with Crippen molar-refractivity contribution in [3.8, 4) is 0 Å². The summed E-state index contributed by atoms with van der Waals surface area (Å²) in [6, 6.07) is 0. The van der Waals surface area contributed by atoms with E-state index in [1.807, 2.05) is 234 Å². The lowest BCUT2D eigenvalue weighted by atomic mass is 9.95. The summed E-state index contributed by atoms with van der Waals surface area (Å²) in [6.07, 6.45) is 27.0. The second kappa shape index (κ2) is 93.3. The normalized spacial score (nSPS) is 14.5. The van der Waals surface area contributed by atoms with Crippen molar-refractivity contribution in [2.75, 3.05) is 19.8 Å². The molecule has 0 amide bonds. The Hall–Kier alpha value is -5.76. The van der Waals surface area contributed by atoms with E-state index in [2.05, 4.69) is 243 Å². The average Bonchev–Trinajstić information content (AvgIpc) is 1.78. The zero-order chi connectivity index (χ0) is 84.5. The minimum Gasteiger partial charge on any atom is -0.287 e. The van der Waals surface area contributed by atoms with Gasteiger partial charge in [-0.05, 0) is 111 Å². The summed E-state index contributed by atoms with van der Waals surface area (Å²) in [6.45, 7) is 102. The Morgan fingerprint density at radius 2 is 0.596 bits per heavy atom. The molecule has 6 rings (SSSR count). The van der Waals surface area contributed by atoms with Gasteiger partial charge in [-0.2, -0.15) is 20.5 Å². The van der Waals surface area contributed by atoms with Crippen LogP contribution in [0.3, 0.4) is 0 Å². The summed E-state index contributed by atoms with van der Waals surface area (Å²) in [5.41, 5.74) is 16.1. The van der Waals surface area contributed by atoms with Crippen LogP contribution in [0, 0.1) is 71.0 Å². The quantitative estimate of drug-likeness (QED) is 0.175. The number of aliphatic imine (C=N–C) groups is 8. The van der Waals surface area contributed by atoms with Gasteiger partial charge in [-0.15, -0.1) is 0 Å². The van der Waals surface area contributed by atoms with Crippen LogP contribution >= 0.6 is 11.9 Å². The lowest BCUT2D eigenvalue weighted by Crippen LogP contribution is -2.05. The molecule has 0 atom stereocenters. The average molecular weight is 1470 g/mol. The van der Waals surface area contributed by atoms with Gasteiger partial charge in [0.1, 0.15) is 0 Å². The summed E-state index contributed by atoms with van der Waals surface area (Å²) in [7, 11) is 0. The molecule has 0 aromatic heterocycles. The molecule has 0 aromatic carbocycles. The lowest BCUT2D eigenvalue weighted by molar-refractivity contribution is 0.669. The maximum absolute atomic E-state index is 4.50. The molecule has 0 saturated heterocycles. The molecular formula is C90H177N13S. The molecule has 0 bridgehead atoms. The Labute approximate surface area is 655 Å². The van der Waals surface area contributed by atoms with Crippen LogP contribution in [-0.4, -0.2) is 75.0 Å². The summed E-state index contributed by atoms with van der Waals surface area (Å²) < 4.78 is 4.19. The third kappa shape index (κ3) is 64.6. The zero-order valence-electron chi connectivity index (χ0n) is 77.9. The molecule has 608 valence electrons. The van der Waals surface area contributed by atoms with Gasteiger partial charge < -0.3 is 0 Å². The maximum Gasteiger partial charge on any atom is 0.150 e. The fourth-order valence-electron chi connectivity index (χ4n) is 8.16. The monoisotopic (exact) mass is 1470 g/mol. The minimum absolute atomic E-state index is 0.399. The minimum atomic E-state index is 0.399. The van der Waals surface area contributed by atoms with E-state index in [1.54, 1.807) is 11.7 Å². The summed E-state index contributed by atoms with van der Waals surface area (Å²) >= 11 is 1.39. The van der Waals surface area contributed by atoms with E-state index < -0.39 is 0 Å². The molecule has 0 saturated carbocycles. The topological polar surface area (TPSA) is 161 Å². The number of azo groups is 2. The van der Waals surface area contributed by atoms with Crippen LogP contribution < -0.4 is 0 Å². The SMILES string of the molecule is CC.CC.CC.CC.CC.CC.CC.CC.CC.CC.CC.CC.CC(C)C1=C(C(C)C)N=C/C=C\C=C1.CC(C)C1=C(C(C)C)N=C/C=C\N=C1.CC(C)C1=C(C(C)C)N=CCN=C1.CC(C)C1=C(C(C)C)N=CSN=C1.CC(C)C1=C(C(C)C)N=NCC=N1.CC(C)C1=C(C(C)C)N=NCN=C1. The number of hydrogen-bond acceptors (Lipinski definition) is 14. The van der Waals surface area contributed by atoms with Gasteiger partial charge in [0, 0.05) is 90.7 Å². The van der Waals surface area contributed by atoms with Crippen LogP contribution in [0.4, 0.5) is 0 Å². The van der Waals surface area contributed by atoms with E-state index in [9.17, 15) is 0 Å². The van der Waals surface area contributed by atoms with Gasteiger partial charge in [-0.3, -0.25) is 39.9 Å². The standard InChI is InChI=1S/C13H19N.C12H18N2.C11H18N2.2C10H17N3.C10H16N2S.12C2H6/c1-10(2)12-8-6-5-7-9-14-13(12)11(3)4;1-9(2)11-8-13-6-5-7-14-12(11)10(3)4;1-8(2)10-7-12-5-6-13-11(10)9(3)4;1-7(2)9-5-11-6-12-13-10(9)8(3)4;1-7(2)9-10(8(3)4)13-12-6-5-11-9;1-7(2)9-5-12-13-6-11-10(9)8(3)4;12*1-2/h5-11H,1-4H3;5-10H,1-4H3;6-9H,5H2,1-4H3;2*5,7-8H,6H2,1-4H3;5-8H,1-4H3;12*1-2H3/b6-5?,7-5-,8-6?,9-7?,12-8?,13-12?,14-9?,14-13?;6-5-,7-5?,11-8?,12-11?,13-6?,13-8?,14-7?,14-12?;;;;;;;;;;;;;;;;. The highest BCUT2D eigenvalue weighted by Crippen LogP contribution is 2.28. The van der Waals surface area contributed by atoms with Crippen LogP contribution in [0.1, 0.15) is 332 Å². The third-order valence-electron chi connectivity index (χ3n) is 12.4. The van der Waals surface area contributed by atoms with Gasteiger partial charge in [0.25, 0.3) is 0 Å². The predicted molar refractivity (Wildman–Crippen MR) is 492 cm³/mol. The van der Waals surface area contributed by atoms with Crippen LogP contribution in [0.2, 0.25) is 0 Å². The molecule has 0 unspecified atom stereocenters. The number of allylic oxidation sites excluding steroid dienone is 17. The van der Waals surface area contributed by atoms with Crippen molar-refractivity contribution < 1.29 is 0 Å². The van der Waals surface area contributed by atoms with E-state index in [-0.39, 0.29) is 0 Å². The van der Waals surface area contributed by atoms with Crippen molar-refractivity contribution in [1.82, 2.24) is 0 Å².